The molecule has 0 atom stereocenters. The highest BCUT2D eigenvalue weighted by molar-refractivity contribution is 7.98. The molecule has 82 valence electrons. The van der Waals surface area contributed by atoms with E-state index >= 15 is 0 Å². The van der Waals surface area contributed by atoms with Crippen molar-refractivity contribution in [1.29, 1.82) is 0 Å². The Balaban J connectivity index is 1.91. The van der Waals surface area contributed by atoms with Crippen LogP contribution in [0.1, 0.15) is 37.7 Å². The minimum Gasteiger partial charge on any atom is -0.130 e. The first-order chi connectivity index (χ1) is 7.38. The van der Waals surface area contributed by atoms with E-state index in [0.717, 1.165) is 5.92 Å². The second-order valence-electron chi connectivity index (χ2n) is 4.56. The number of hydrogen-bond donors (Lipinski definition) is 0. The van der Waals surface area contributed by atoms with E-state index in [-0.39, 0.29) is 0 Å². The molecule has 0 amide bonds. The van der Waals surface area contributed by atoms with Gasteiger partial charge in [-0.1, -0.05) is 44.2 Å². The first kappa shape index (κ1) is 11.1. The largest absolute Gasteiger partial charge is 0.130 e. The van der Waals surface area contributed by atoms with Crippen molar-refractivity contribution in [3.63, 3.8) is 0 Å². The molecule has 0 aliphatic heterocycles. The van der Waals surface area contributed by atoms with Crippen LogP contribution < -0.4 is 0 Å². The Morgan fingerprint density at radius 2 is 1.73 bits per heavy atom. The van der Waals surface area contributed by atoms with E-state index in [1.807, 2.05) is 11.8 Å². The van der Waals surface area contributed by atoms with Gasteiger partial charge in [0.2, 0.25) is 0 Å². The molecule has 0 radical (unpaired) electrons. The summed E-state index contributed by atoms with van der Waals surface area (Å²) in [5, 5.41) is 0. The zero-order valence-electron chi connectivity index (χ0n) is 9.54. The summed E-state index contributed by atoms with van der Waals surface area (Å²) in [6, 6.07) is 9.12. The molecule has 1 heteroatoms. The zero-order chi connectivity index (χ0) is 10.5. The molecule has 0 spiro atoms. The number of thioether (sulfide) groups is 1. The Hall–Kier alpha value is -0.430. The van der Waals surface area contributed by atoms with E-state index in [9.17, 15) is 0 Å². The standard InChI is InChI=1S/C14H20S/c1-15-14-9-7-13(8-10-14)11-12-5-3-2-4-6-12/h7-10,12H,2-6,11H2,1H3. The number of benzene rings is 1. The van der Waals surface area contributed by atoms with Crippen LogP contribution in [0, 0.1) is 5.92 Å². The van der Waals surface area contributed by atoms with Crippen LogP contribution in [0.25, 0.3) is 0 Å². The SMILES string of the molecule is CSc1ccc(CC2CCCCC2)cc1. The summed E-state index contributed by atoms with van der Waals surface area (Å²) in [5.41, 5.74) is 1.53. The summed E-state index contributed by atoms with van der Waals surface area (Å²) in [6.45, 7) is 0. The molecule has 1 fully saturated rings. The maximum atomic E-state index is 2.31. The van der Waals surface area contributed by atoms with Crippen LogP contribution >= 0.6 is 11.8 Å². The molecule has 0 unspecified atom stereocenters. The second kappa shape index (κ2) is 5.60. The van der Waals surface area contributed by atoms with Crippen LogP contribution in [0.3, 0.4) is 0 Å². The maximum absolute atomic E-state index is 2.31. The van der Waals surface area contributed by atoms with Gasteiger partial charge in [0.05, 0.1) is 0 Å². The third kappa shape index (κ3) is 3.27. The Kier molecular flexibility index (Phi) is 4.13. The van der Waals surface area contributed by atoms with Gasteiger partial charge < -0.3 is 0 Å². The lowest BCUT2D eigenvalue weighted by Crippen LogP contribution is -2.08. The van der Waals surface area contributed by atoms with Gasteiger partial charge in [-0.3, -0.25) is 0 Å². The molecule has 1 aromatic rings. The summed E-state index contributed by atoms with van der Waals surface area (Å²) in [5.74, 6) is 0.957. The van der Waals surface area contributed by atoms with E-state index < -0.39 is 0 Å². The Labute approximate surface area is 97.5 Å². The predicted octanol–water partition coefficient (Wildman–Crippen LogP) is 4.53. The van der Waals surface area contributed by atoms with Gasteiger partial charge in [-0.05, 0) is 36.3 Å². The van der Waals surface area contributed by atoms with Gasteiger partial charge in [0, 0.05) is 4.90 Å². The molecule has 1 saturated carbocycles. The van der Waals surface area contributed by atoms with Gasteiger partial charge in [-0.2, -0.15) is 0 Å². The Morgan fingerprint density at radius 1 is 1.07 bits per heavy atom. The predicted molar refractivity (Wildman–Crippen MR) is 68.5 cm³/mol. The monoisotopic (exact) mass is 220 g/mol. The van der Waals surface area contributed by atoms with Gasteiger partial charge in [0.1, 0.15) is 0 Å². The first-order valence-electron chi connectivity index (χ1n) is 6.01. The molecule has 1 aromatic carbocycles. The molecule has 0 bridgehead atoms. The van der Waals surface area contributed by atoms with Crippen LogP contribution in [-0.2, 0) is 6.42 Å². The summed E-state index contributed by atoms with van der Waals surface area (Å²) < 4.78 is 0. The molecule has 0 heterocycles. The van der Waals surface area contributed by atoms with Gasteiger partial charge in [-0.25, -0.2) is 0 Å². The second-order valence-corrected chi connectivity index (χ2v) is 5.44. The number of hydrogen-bond acceptors (Lipinski definition) is 1. The van der Waals surface area contributed by atoms with Crippen LogP contribution in [0.2, 0.25) is 0 Å². The van der Waals surface area contributed by atoms with Crippen molar-refractivity contribution in [2.45, 2.75) is 43.4 Å². The molecule has 15 heavy (non-hydrogen) atoms. The van der Waals surface area contributed by atoms with Gasteiger partial charge in [0.25, 0.3) is 0 Å². The fourth-order valence-corrected chi connectivity index (χ4v) is 2.89. The molecule has 0 aromatic heterocycles. The van der Waals surface area contributed by atoms with Crippen molar-refractivity contribution in [2.75, 3.05) is 6.26 Å². The first-order valence-corrected chi connectivity index (χ1v) is 7.24. The van der Waals surface area contributed by atoms with E-state index in [2.05, 4.69) is 30.5 Å². The zero-order valence-corrected chi connectivity index (χ0v) is 10.4. The molecular formula is C14H20S. The lowest BCUT2D eigenvalue weighted by atomic mass is 9.85. The lowest BCUT2D eigenvalue weighted by molar-refractivity contribution is 0.356. The van der Waals surface area contributed by atoms with Crippen molar-refractivity contribution in [2.24, 2.45) is 5.92 Å². The molecule has 1 aliphatic carbocycles. The Morgan fingerprint density at radius 3 is 2.33 bits per heavy atom. The third-order valence-electron chi connectivity index (χ3n) is 3.41. The molecular weight excluding hydrogens is 200 g/mol. The highest BCUT2D eigenvalue weighted by Gasteiger charge is 2.13. The quantitative estimate of drug-likeness (QED) is 0.674. The summed E-state index contributed by atoms with van der Waals surface area (Å²) in [7, 11) is 0. The van der Waals surface area contributed by atoms with E-state index in [1.54, 1.807) is 0 Å². The lowest BCUT2D eigenvalue weighted by Gasteiger charge is -2.21. The summed E-state index contributed by atoms with van der Waals surface area (Å²) in [6.07, 6.45) is 10.7. The number of rotatable bonds is 3. The van der Waals surface area contributed by atoms with Crippen LogP contribution in [-0.4, -0.2) is 6.26 Å². The van der Waals surface area contributed by atoms with Crippen molar-refractivity contribution in [1.82, 2.24) is 0 Å². The van der Waals surface area contributed by atoms with Crippen molar-refractivity contribution in [3.05, 3.63) is 29.8 Å². The third-order valence-corrected chi connectivity index (χ3v) is 4.15. The molecule has 0 N–H and O–H groups in total. The van der Waals surface area contributed by atoms with Gasteiger partial charge in [-0.15, -0.1) is 11.8 Å². The van der Waals surface area contributed by atoms with E-state index in [0.29, 0.717) is 0 Å². The highest BCUT2D eigenvalue weighted by Crippen LogP contribution is 2.27. The van der Waals surface area contributed by atoms with Crippen molar-refractivity contribution < 1.29 is 0 Å². The van der Waals surface area contributed by atoms with Crippen molar-refractivity contribution in [3.8, 4) is 0 Å². The van der Waals surface area contributed by atoms with E-state index in [1.165, 1.54) is 49.0 Å². The summed E-state index contributed by atoms with van der Waals surface area (Å²) in [4.78, 5) is 1.38. The van der Waals surface area contributed by atoms with Crippen LogP contribution in [0.5, 0.6) is 0 Å². The van der Waals surface area contributed by atoms with E-state index in [4.69, 9.17) is 0 Å². The maximum Gasteiger partial charge on any atom is 0.00693 e. The molecule has 0 nitrogen and oxygen atoms in total. The van der Waals surface area contributed by atoms with Gasteiger partial charge in [0.15, 0.2) is 0 Å². The Bertz CT molecular complexity index is 283. The highest BCUT2D eigenvalue weighted by atomic mass is 32.2. The molecule has 0 saturated heterocycles. The topological polar surface area (TPSA) is 0 Å². The molecule has 2 rings (SSSR count). The van der Waals surface area contributed by atoms with Crippen molar-refractivity contribution >= 4 is 11.8 Å². The minimum absolute atomic E-state index is 0.957. The fraction of sp³-hybridized carbons (Fsp3) is 0.571. The average Bonchev–Trinajstić information content (AvgIpc) is 2.31. The fourth-order valence-electron chi connectivity index (χ4n) is 2.49. The summed E-state index contributed by atoms with van der Waals surface area (Å²) >= 11 is 1.82. The van der Waals surface area contributed by atoms with Crippen LogP contribution in [0.15, 0.2) is 29.2 Å². The normalized spacial score (nSPS) is 17.9. The minimum atomic E-state index is 0.957. The van der Waals surface area contributed by atoms with Crippen LogP contribution in [0.4, 0.5) is 0 Å². The molecule has 1 aliphatic rings. The smallest absolute Gasteiger partial charge is 0.00693 e. The van der Waals surface area contributed by atoms with Gasteiger partial charge >= 0.3 is 0 Å². The average molecular weight is 220 g/mol.